The van der Waals surface area contributed by atoms with Crippen molar-refractivity contribution in [2.75, 3.05) is 10.8 Å². The van der Waals surface area contributed by atoms with Crippen LogP contribution in [0.1, 0.15) is 46.6 Å². The maximum atomic E-state index is 13.6. The smallest absolute Gasteiger partial charge is 0.310 e. The molecule has 184 valence electrons. The number of Topliss-reactive ketones (excluding diaryl/α,β-unsaturated/α-hetero) is 1. The lowest BCUT2D eigenvalue weighted by atomic mass is 9.97. The predicted molar refractivity (Wildman–Crippen MR) is 126 cm³/mol. The molecular formula is C25H30FNO6S. The van der Waals surface area contributed by atoms with Gasteiger partial charge in [0.25, 0.3) is 10.0 Å². The number of sulfonamides is 1. The summed E-state index contributed by atoms with van der Waals surface area (Å²) in [7, 11) is -4.08. The highest BCUT2D eigenvalue weighted by molar-refractivity contribution is 7.92. The van der Waals surface area contributed by atoms with Crippen molar-refractivity contribution in [3.8, 4) is 5.75 Å². The highest BCUT2D eigenvalue weighted by Gasteiger charge is 2.37. The normalized spacial score (nSPS) is 16.9. The van der Waals surface area contributed by atoms with Crippen LogP contribution in [0.15, 0.2) is 47.4 Å². The van der Waals surface area contributed by atoms with Gasteiger partial charge in [-0.2, -0.15) is 0 Å². The first-order chi connectivity index (χ1) is 15.8. The van der Waals surface area contributed by atoms with Crippen molar-refractivity contribution in [2.45, 2.75) is 64.1 Å². The van der Waals surface area contributed by atoms with E-state index in [0.29, 0.717) is 11.3 Å². The fourth-order valence-electron chi connectivity index (χ4n) is 3.82. The number of halogens is 1. The van der Waals surface area contributed by atoms with Crippen molar-refractivity contribution in [1.29, 1.82) is 0 Å². The third-order valence-electron chi connectivity index (χ3n) is 5.33. The summed E-state index contributed by atoms with van der Waals surface area (Å²) in [6.45, 7) is 8.58. The van der Waals surface area contributed by atoms with Crippen molar-refractivity contribution < 1.29 is 31.9 Å². The zero-order valence-electron chi connectivity index (χ0n) is 20.0. The van der Waals surface area contributed by atoms with E-state index in [0.717, 1.165) is 12.1 Å². The molecule has 0 aromatic heterocycles. The number of nitrogens with zero attached hydrogens (tertiary/aromatic N) is 1. The monoisotopic (exact) mass is 491 g/mol. The zero-order chi connectivity index (χ0) is 25.3. The maximum Gasteiger partial charge on any atom is 0.310 e. The van der Waals surface area contributed by atoms with Crippen LogP contribution in [0.5, 0.6) is 5.75 Å². The lowest BCUT2D eigenvalue weighted by molar-refractivity contribution is -0.153. The Hall–Kier alpha value is -2.94. The molecule has 1 aliphatic heterocycles. The molecule has 0 saturated carbocycles. The first kappa shape index (κ1) is 25.7. The number of hydrogen-bond acceptors (Lipinski definition) is 6. The number of benzene rings is 2. The summed E-state index contributed by atoms with van der Waals surface area (Å²) in [4.78, 5) is 23.9. The van der Waals surface area contributed by atoms with E-state index in [9.17, 15) is 22.4 Å². The molecule has 0 bridgehead atoms. The third kappa shape index (κ3) is 6.14. The van der Waals surface area contributed by atoms with E-state index in [1.54, 1.807) is 39.0 Å². The highest BCUT2D eigenvalue weighted by Crippen LogP contribution is 2.39. The van der Waals surface area contributed by atoms with E-state index >= 15 is 0 Å². The van der Waals surface area contributed by atoms with Crippen molar-refractivity contribution in [2.24, 2.45) is 5.92 Å². The topological polar surface area (TPSA) is 90.0 Å². The van der Waals surface area contributed by atoms with E-state index in [1.165, 1.54) is 23.4 Å². The van der Waals surface area contributed by atoms with Gasteiger partial charge in [0, 0.05) is 12.3 Å². The molecule has 0 aliphatic carbocycles. The Morgan fingerprint density at radius 3 is 2.41 bits per heavy atom. The van der Waals surface area contributed by atoms with Crippen LogP contribution < -0.4 is 9.04 Å². The van der Waals surface area contributed by atoms with Gasteiger partial charge in [-0.3, -0.25) is 9.10 Å². The molecule has 1 aliphatic rings. The van der Waals surface area contributed by atoms with Crippen molar-refractivity contribution in [3.05, 3.63) is 53.8 Å². The molecule has 0 fully saturated rings. The Bertz CT molecular complexity index is 1170. The van der Waals surface area contributed by atoms with Crippen LogP contribution in [-0.2, 0) is 30.8 Å². The predicted octanol–water partition coefficient (Wildman–Crippen LogP) is 4.28. The first-order valence-electron chi connectivity index (χ1n) is 11.1. The van der Waals surface area contributed by atoms with Gasteiger partial charge in [0.15, 0.2) is 0 Å². The summed E-state index contributed by atoms with van der Waals surface area (Å²) in [6.07, 6.45) is -0.372. The van der Waals surface area contributed by atoms with E-state index < -0.39 is 33.5 Å². The van der Waals surface area contributed by atoms with Crippen molar-refractivity contribution in [1.82, 2.24) is 0 Å². The van der Waals surface area contributed by atoms with Gasteiger partial charge in [-0.1, -0.05) is 13.0 Å². The molecule has 0 unspecified atom stereocenters. The number of ketones is 1. The number of hydrogen-bond donors (Lipinski definition) is 0. The minimum atomic E-state index is -4.08. The van der Waals surface area contributed by atoms with Gasteiger partial charge in [0.2, 0.25) is 0 Å². The lowest BCUT2D eigenvalue weighted by Gasteiger charge is -2.38. The van der Waals surface area contributed by atoms with Gasteiger partial charge in [-0.25, -0.2) is 12.8 Å². The highest BCUT2D eigenvalue weighted by atomic mass is 32.2. The number of anilines is 1. The van der Waals surface area contributed by atoms with Crippen molar-refractivity contribution >= 4 is 27.5 Å². The number of fused-ring (bicyclic) bond motifs is 1. The zero-order valence-corrected chi connectivity index (χ0v) is 20.8. The molecule has 1 heterocycles. The van der Waals surface area contributed by atoms with Crippen LogP contribution >= 0.6 is 0 Å². The summed E-state index contributed by atoms with van der Waals surface area (Å²) in [5, 5.41) is 0. The van der Waals surface area contributed by atoms with Gasteiger partial charge in [0.1, 0.15) is 29.1 Å². The molecule has 2 aromatic rings. The SMILES string of the molecule is CC(=O)C[C@@H](C)[C@H]1CN(S(=O)(=O)c2ccc(F)cc2)c2cc(CC(=O)OC(C)(C)C)ccc2O1. The average Bonchev–Trinajstić information content (AvgIpc) is 2.71. The van der Waals surface area contributed by atoms with E-state index in [2.05, 4.69) is 0 Å². The first-order valence-corrected chi connectivity index (χ1v) is 12.5. The molecule has 34 heavy (non-hydrogen) atoms. The largest absolute Gasteiger partial charge is 0.486 e. The van der Waals surface area contributed by atoms with Gasteiger partial charge >= 0.3 is 5.97 Å². The van der Waals surface area contributed by atoms with Gasteiger partial charge < -0.3 is 14.3 Å². The number of carbonyl (C=O) groups excluding carboxylic acids is 2. The molecule has 2 atom stereocenters. The summed E-state index contributed by atoms with van der Waals surface area (Å²) in [6, 6.07) is 9.48. The Labute approximate surface area is 199 Å². The van der Waals surface area contributed by atoms with E-state index in [1.807, 2.05) is 6.92 Å². The molecular weight excluding hydrogens is 461 g/mol. The molecule has 0 radical (unpaired) electrons. The summed E-state index contributed by atoms with van der Waals surface area (Å²) < 4.78 is 53.2. The standard InChI is InChI=1S/C25H30FNO6S/c1-16(12-17(2)28)23-15-27(34(30,31)20-9-7-19(26)8-10-20)21-13-18(6-11-22(21)32-23)14-24(29)33-25(3,4)5/h6-11,13,16,23H,12,14-15H2,1-5H3/t16-,23-/m1/s1. The molecule has 7 nitrogen and oxygen atoms in total. The van der Waals surface area contributed by atoms with Crippen LogP contribution in [0.2, 0.25) is 0 Å². The molecule has 0 saturated heterocycles. The van der Waals surface area contributed by atoms with Crippen LogP contribution in [-0.4, -0.2) is 38.4 Å². The number of rotatable bonds is 7. The van der Waals surface area contributed by atoms with E-state index in [-0.39, 0.29) is 41.7 Å². The van der Waals surface area contributed by atoms with Crippen LogP contribution in [0, 0.1) is 11.7 Å². The quantitative estimate of drug-likeness (QED) is 0.537. The third-order valence-corrected chi connectivity index (χ3v) is 7.12. The second-order valence-corrected chi connectivity index (χ2v) is 11.5. The molecule has 0 N–H and O–H groups in total. The molecule has 9 heteroatoms. The van der Waals surface area contributed by atoms with Crippen LogP contribution in [0.4, 0.5) is 10.1 Å². The Balaban J connectivity index is 2.01. The maximum absolute atomic E-state index is 13.6. The van der Waals surface area contributed by atoms with Crippen LogP contribution in [0.3, 0.4) is 0 Å². The molecule has 0 amide bonds. The summed E-state index contributed by atoms with van der Waals surface area (Å²) in [5.41, 5.74) is 0.190. The van der Waals surface area contributed by atoms with E-state index in [4.69, 9.17) is 9.47 Å². The Morgan fingerprint density at radius 2 is 1.82 bits per heavy atom. The fourth-order valence-corrected chi connectivity index (χ4v) is 5.30. The minimum Gasteiger partial charge on any atom is -0.486 e. The second-order valence-electron chi connectivity index (χ2n) is 9.60. The Kier molecular flexibility index (Phi) is 7.35. The summed E-state index contributed by atoms with van der Waals surface area (Å²) in [5.74, 6) is -0.926. The van der Waals surface area contributed by atoms with Crippen LogP contribution in [0.25, 0.3) is 0 Å². The Morgan fingerprint density at radius 1 is 1.18 bits per heavy atom. The van der Waals surface area contributed by atoms with Crippen molar-refractivity contribution in [3.63, 3.8) is 0 Å². The van der Waals surface area contributed by atoms with Gasteiger partial charge in [-0.15, -0.1) is 0 Å². The summed E-state index contributed by atoms with van der Waals surface area (Å²) >= 11 is 0. The minimum absolute atomic E-state index is 0.0254. The number of ether oxygens (including phenoxy) is 2. The number of carbonyl (C=O) groups is 2. The average molecular weight is 492 g/mol. The molecule has 3 rings (SSSR count). The lowest BCUT2D eigenvalue weighted by Crippen LogP contribution is -2.46. The van der Waals surface area contributed by atoms with Gasteiger partial charge in [-0.05, 0) is 69.7 Å². The number of esters is 1. The second kappa shape index (κ2) is 9.74. The fraction of sp³-hybridized carbons (Fsp3) is 0.440. The van der Waals surface area contributed by atoms with Gasteiger partial charge in [0.05, 0.1) is 23.5 Å². The molecule has 0 spiro atoms. The molecule has 2 aromatic carbocycles.